The Morgan fingerprint density at radius 3 is 2.27 bits per heavy atom. The van der Waals surface area contributed by atoms with Crippen molar-refractivity contribution >= 4 is 41.0 Å². The van der Waals surface area contributed by atoms with E-state index in [1.165, 1.54) is 42.3 Å². The highest BCUT2D eigenvalue weighted by atomic mass is 35.5. The van der Waals surface area contributed by atoms with Gasteiger partial charge in [0, 0.05) is 31.8 Å². The second-order valence-electron chi connectivity index (χ2n) is 11.5. The van der Waals surface area contributed by atoms with Gasteiger partial charge in [0.05, 0.1) is 52.4 Å². The summed E-state index contributed by atoms with van der Waals surface area (Å²) < 4.78 is 55.1. The molecule has 1 heterocycles. The van der Waals surface area contributed by atoms with Gasteiger partial charge in [0.15, 0.2) is 11.5 Å². The van der Waals surface area contributed by atoms with E-state index < -0.39 is 35.5 Å². The first-order chi connectivity index (χ1) is 24.1. The number of alkyl halides is 3. The molecule has 51 heavy (non-hydrogen) atoms. The minimum absolute atomic E-state index is 0.0110. The summed E-state index contributed by atoms with van der Waals surface area (Å²) in [6, 6.07) is 15.0. The largest absolute Gasteiger partial charge is 0.493 e. The molecule has 0 saturated heterocycles. The third-order valence-electron chi connectivity index (χ3n) is 7.54. The molecular weight excluding hydrogens is 691 g/mol. The molecule has 4 aromatic rings. The number of aromatic nitrogens is 1. The molecular formula is C37H35ClF3N3O7. The third-order valence-corrected chi connectivity index (χ3v) is 7.82. The summed E-state index contributed by atoms with van der Waals surface area (Å²) in [4.78, 5) is 57.4. The number of benzene rings is 3. The molecule has 0 fully saturated rings. The molecule has 2 amide bonds. The number of pyridine rings is 1. The number of esters is 2. The number of nitrogens with zero attached hydrogens (tertiary/aromatic N) is 2. The molecule has 0 aliphatic rings. The fraction of sp³-hybridized carbons (Fsp3) is 0.270. The number of amides is 2. The van der Waals surface area contributed by atoms with Gasteiger partial charge in [0.25, 0.3) is 11.8 Å². The molecule has 4 rings (SSSR count). The Hall–Kier alpha value is -5.43. The SMILES string of the molecule is CCOC(=O)c1cc(Cl)c(OC(=O)CCCc2ccc(NC(=O)c3ccc(C)nc3-c3ccc(C(F)(F)F)cc3)c(C(=O)N(C)C)c2)c(OC)c1. The molecule has 0 aliphatic heterocycles. The summed E-state index contributed by atoms with van der Waals surface area (Å²) in [5.74, 6) is -2.20. The van der Waals surface area contributed by atoms with E-state index in [0.717, 1.165) is 12.1 Å². The molecule has 3 aromatic carbocycles. The van der Waals surface area contributed by atoms with Gasteiger partial charge in [-0.3, -0.25) is 19.4 Å². The van der Waals surface area contributed by atoms with Crippen LogP contribution < -0.4 is 14.8 Å². The van der Waals surface area contributed by atoms with Crippen molar-refractivity contribution in [3.05, 3.63) is 105 Å². The van der Waals surface area contributed by atoms with E-state index in [9.17, 15) is 32.3 Å². The highest BCUT2D eigenvalue weighted by Gasteiger charge is 2.30. The molecule has 0 bridgehead atoms. The van der Waals surface area contributed by atoms with E-state index in [-0.39, 0.29) is 57.6 Å². The number of halogens is 4. The molecule has 0 saturated carbocycles. The second-order valence-corrected chi connectivity index (χ2v) is 11.9. The second kappa shape index (κ2) is 16.5. The number of anilines is 1. The standard InChI is InChI=1S/C37H35ClF3N3O7/c1-6-50-36(48)24-19-28(38)33(30(20-24)49-5)51-31(45)9-7-8-22-11-17-29(27(18-22)35(47)44(3)4)43-34(46)26-16-10-21(2)42-32(26)23-12-14-25(15-13-23)37(39,40)41/h10-20H,6-9H2,1-5H3,(H,43,46). The zero-order chi connectivity index (χ0) is 37.5. The fourth-order valence-electron chi connectivity index (χ4n) is 4.99. The van der Waals surface area contributed by atoms with Crippen LogP contribution in [0.25, 0.3) is 11.3 Å². The lowest BCUT2D eigenvalue weighted by Crippen LogP contribution is -2.24. The van der Waals surface area contributed by atoms with Crippen LogP contribution in [0, 0.1) is 6.92 Å². The fourth-order valence-corrected chi connectivity index (χ4v) is 5.24. The van der Waals surface area contributed by atoms with E-state index in [1.807, 2.05) is 0 Å². The van der Waals surface area contributed by atoms with Crippen molar-refractivity contribution in [2.75, 3.05) is 33.1 Å². The zero-order valence-corrected chi connectivity index (χ0v) is 29.2. The van der Waals surface area contributed by atoms with Crippen molar-refractivity contribution in [3.8, 4) is 22.8 Å². The van der Waals surface area contributed by atoms with Gasteiger partial charge in [-0.05, 0) is 80.8 Å². The number of aryl methyl sites for hydroxylation is 2. The van der Waals surface area contributed by atoms with Gasteiger partial charge >= 0.3 is 18.1 Å². The minimum Gasteiger partial charge on any atom is -0.493 e. The number of methoxy groups -OCH3 is 1. The van der Waals surface area contributed by atoms with Crippen LogP contribution in [0.3, 0.4) is 0 Å². The lowest BCUT2D eigenvalue weighted by atomic mass is 10.0. The van der Waals surface area contributed by atoms with Gasteiger partial charge < -0.3 is 24.4 Å². The number of ether oxygens (including phenoxy) is 3. The average Bonchev–Trinajstić information content (AvgIpc) is 3.08. The number of hydrogen-bond donors (Lipinski definition) is 1. The predicted molar refractivity (Wildman–Crippen MR) is 184 cm³/mol. The lowest BCUT2D eigenvalue weighted by molar-refractivity contribution is -0.137. The average molecular weight is 726 g/mol. The van der Waals surface area contributed by atoms with Gasteiger partial charge in [-0.1, -0.05) is 29.8 Å². The molecule has 0 spiro atoms. The van der Waals surface area contributed by atoms with Crippen LogP contribution in [-0.2, 0) is 22.1 Å². The zero-order valence-electron chi connectivity index (χ0n) is 28.4. The smallest absolute Gasteiger partial charge is 0.416 e. The van der Waals surface area contributed by atoms with Gasteiger partial charge in [-0.2, -0.15) is 13.2 Å². The van der Waals surface area contributed by atoms with E-state index in [4.69, 9.17) is 25.8 Å². The Labute approximate surface area is 297 Å². The normalized spacial score (nSPS) is 11.1. The summed E-state index contributed by atoms with van der Waals surface area (Å²) in [7, 11) is 4.45. The Kier molecular flexibility index (Phi) is 12.4. The van der Waals surface area contributed by atoms with Crippen LogP contribution in [0.15, 0.2) is 66.7 Å². The maximum Gasteiger partial charge on any atom is 0.416 e. The Morgan fingerprint density at radius 2 is 1.65 bits per heavy atom. The maximum absolute atomic E-state index is 13.6. The Morgan fingerprint density at radius 1 is 0.941 bits per heavy atom. The van der Waals surface area contributed by atoms with E-state index >= 15 is 0 Å². The van der Waals surface area contributed by atoms with E-state index in [2.05, 4.69) is 10.3 Å². The lowest BCUT2D eigenvalue weighted by Gasteiger charge is -2.17. The number of carbonyl (C=O) groups excluding carboxylic acids is 4. The monoisotopic (exact) mass is 725 g/mol. The number of carbonyl (C=O) groups is 4. The highest BCUT2D eigenvalue weighted by Crippen LogP contribution is 2.37. The van der Waals surface area contributed by atoms with Crippen LogP contribution in [0.5, 0.6) is 11.5 Å². The van der Waals surface area contributed by atoms with E-state index in [0.29, 0.717) is 29.7 Å². The van der Waals surface area contributed by atoms with Crippen molar-refractivity contribution < 1.29 is 46.6 Å². The molecule has 10 nitrogen and oxygen atoms in total. The minimum atomic E-state index is -4.52. The predicted octanol–water partition coefficient (Wildman–Crippen LogP) is 7.80. The topological polar surface area (TPSA) is 124 Å². The summed E-state index contributed by atoms with van der Waals surface area (Å²) in [6.07, 6.45) is -3.86. The van der Waals surface area contributed by atoms with Gasteiger partial charge in [0.2, 0.25) is 0 Å². The molecule has 14 heteroatoms. The Bertz CT molecular complexity index is 1950. The quantitative estimate of drug-likeness (QED) is 0.116. The van der Waals surface area contributed by atoms with Crippen molar-refractivity contribution in [3.63, 3.8) is 0 Å². The molecule has 0 radical (unpaired) electrons. The van der Waals surface area contributed by atoms with Crippen LogP contribution in [0.2, 0.25) is 5.02 Å². The summed E-state index contributed by atoms with van der Waals surface area (Å²) in [5, 5.41) is 2.75. The number of rotatable bonds is 12. The van der Waals surface area contributed by atoms with Crippen LogP contribution >= 0.6 is 11.6 Å². The molecule has 1 N–H and O–H groups in total. The summed E-state index contributed by atoms with van der Waals surface area (Å²) >= 11 is 6.29. The van der Waals surface area contributed by atoms with Crippen molar-refractivity contribution in [2.24, 2.45) is 0 Å². The van der Waals surface area contributed by atoms with Crippen LogP contribution in [0.1, 0.15) is 67.7 Å². The van der Waals surface area contributed by atoms with Gasteiger partial charge in [-0.15, -0.1) is 0 Å². The summed E-state index contributed by atoms with van der Waals surface area (Å²) in [6.45, 7) is 3.52. The van der Waals surface area contributed by atoms with Gasteiger partial charge in [-0.25, -0.2) is 4.79 Å². The van der Waals surface area contributed by atoms with E-state index in [1.54, 1.807) is 52.2 Å². The molecule has 0 aliphatic carbocycles. The van der Waals surface area contributed by atoms with Crippen LogP contribution in [-0.4, -0.2) is 61.4 Å². The molecule has 268 valence electrons. The molecule has 0 atom stereocenters. The number of nitrogens with one attached hydrogen (secondary N) is 1. The maximum atomic E-state index is 13.6. The van der Waals surface area contributed by atoms with Crippen molar-refractivity contribution in [1.29, 1.82) is 0 Å². The number of hydrogen-bond acceptors (Lipinski definition) is 8. The van der Waals surface area contributed by atoms with Crippen molar-refractivity contribution in [2.45, 2.75) is 39.3 Å². The molecule has 0 unspecified atom stereocenters. The van der Waals surface area contributed by atoms with Crippen LogP contribution in [0.4, 0.5) is 18.9 Å². The first-order valence-corrected chi connectivity index (χ1v) is 16.1. The Balaban J connectivity index is 1.50. The third kappa shape index (κ3) is 9.63. The summed E-state index contributed by atoms with van der Waals surface area (Å²) in [5.41, 5.74) is 1.52. The molecule has 1 aromatic heterocycles. The van der Waals surface area contributed by atoms with Gasteiger partial charge in [0.1, 0.15) is 0 Å². The first kappa shape index (κ1) is 38.4. The van der Waals surface area contributed by atoms with Crippen molar-refractivity contribution in [1.82, 2.24) is 9.88 Å². The highest BCUT2D eigenvalue weighted by molar-refractivity contribution is 6.32. The first-order valence-electron chi connectivity index (χ1n) is 15.7.